The third kappa shape index (κ3) is 8.37. The predicted octanol–water partition coefficient (Wildman–Crippen LogP) is 4.62. The first-order valence-electron chi connectivity index (χ1n) is 11.2. The number of anilines is 1. The van der Waals surface area contributed by atoms with Crippen molar-refractivity contribution in [1.82, 2.24) is 10.2 Å². The summed E-state index contributed by atoms with van der Waals surface area (Å²) in [4.78, 5) is 27.8. The number of rotatable bonds is 12. The molecule has 35 heavy (non-hydrogen) atoms. The van der Waals surface area contributed by atoms with Crippen LogP contribution in [0.15, 0.2) is 42.5 Å². The highest BCUT2D eigenvalue weighted by atomic mass is 35.5. The molecule has 11 heteroatoms. The summed E-state index contributed by atoms with van der Waals surface area (Å²) < 4.78 is 39.7. The molecule has 0 spiro atoms. The van der Waals surface area contributed by atoms with Crippen molar-refractivity contribution in [3.8, 4) is 0 Å². The van der Waals surface area contributed by atoms with Gasteiger partial charge >= 0.3 is 0 Å². The van der Waals surface area contributed by atoms with Gasteiger partial charge in [-0.15, -0.1) is 0 Å². The Morgan fingerprint density at radius 2 is 1.83 bits per heavy atom. The second-order valence-corrected chi connectivity index (χ2v) is 10.8. The Kier molecular flexibility index (Phi) is 10.8. The third-order valence-corrected chi connectivity index (χ3v) is 7.07. The van der Waals surface area contributed by atoms with Crippen LogP contribution in [0.2, 0.25) is 10.0 Å². The number of carbonyl (C=O) groups excluding carboxylic acids is 2. The van der Waals surface area contributed by atoms with Crippen LogP contribution in [0.1, 0.15) is 38.7 Å². The fourth-order valence-corrected chi connectivity index (χ4v) is 4.81. The quantitative estimate of drug-likeness (QED) is 0.394. The van der Waals surface area contributed by atoms with Gasteiger partial charge in [0.1, 0.15) is 18.4 Å². The van der Waals surface area contributed by atoms with Gasteiger partial charge in [-0.3, -0.25) is 13.9 Å². The number of hydrogen-bond acceptors (Lipinski definition) is 4. The van der Waals surface area contributed by atoms with Crippen LogP contribution in [0.5, 0.6) is 0 Å². The lowest BCUT2D eigenvalue weighted by Gasteiger charge is -2.33. The van der Waals surface area contributed by atoms with E-state index in [2.05, 4.69) is 5.32 Å². The van der Waals surface area contributed by atoms with E-state index in [0.29, 0.717) is 22.2 Å². The molecule has 0 aliphatic heterocycles. The first kappa shape index (κ1) is 28.9. The number of benzene rings is 2. The van der Waals surface area contributed by atoms with Crippen molar-refractivity contribution in [1.29, 1.82) is 0 Å². The number of unbranched alkanes of at least 4 members (excludes halogenated alkanes) is 1. The molecule has 0 aliphatic rings. The van der Waals surface area contributed by atoms with Crippen LogP contribution in [-0.4, -0.2) is 50.5 Å². The number of nitrogens with zero attached hydrogens (tertiary/aromatic N) is 2. The molecule has 0 unspecified atom stereocenters. The van der Waals surface area contributed by atoms with Crippen LogP contribution < -0.4 is 9.62 Å². The normalized spacial score (nSPS) is 12.2. The molecule has 0 radical (unpaired) electrons. The van der Waals surface area contributed by atoms with Crippen LogP contribution in [0.25, 0.3) is 0 Å². The molecule has 2 rings (SSSR count). The topological polar surface area (TPSA) is 86.8 Å². The molecule has 0 aromatic heterocycles. The molecular weight excluding hydrogens is 516 g/mol. The summed E-state index contributed by atoms with van der Waals surface area (Å²) in [6.07, 6.45) is 2.88. The molecule has 192 valence electrons. The van der Waals surface area contributed by atoms with Gasteiger partial charge in [-0.2, -0.15) is 0 Å². The minimum atomic E-state index is -3.95. The highest BCUT2D eigenvalue weighted by Crippen LogP contribution is 2.25. The molecule has 2 amide bonds. The zero-order valence-corrected chi connectivity index (χ0v) is 22.3. The molecule has 0 bridgehead atoms. The van der Waals surface area contributed by atoms with E-state index in [-0.39, 0.29) is 24.6 Å². The highest BCUT2D eigenvalue weighted by molar-refractivity contribution is 7.92. The Morgan fingerprint density at radius 3 is 2.40 bits per heavy atom. The molecule has 2 aromatic rings. The molecule has 0 saturated carbocycles. The lowest BCUT2D eigenvalue weighted by Crippen LogP contribution is -2.52. The molecule has 1 atom stereocenters. The third-order valence-electron chi connectivity index (χ3n) is 5.35. The van der Waals surface area contributed by atoms with Crippen molar-refractivity contribution in [3.05, 3.63) is 63.9 Å². The lowest BCUT2D eigenvalue weighted by molar-refractivity contribution is -0.140. The van der Waals surface area contributed by atoms with Gasteiger partial charge in [-0.1, -0.05) is 55.6 Å². The lowest BCUT2D eigenvalue weighted by atomic mass is 10.1. The van der Waals surface area contributed by atoms with Gasteiger partial charge in [0.15, 0.2) is 0 Å². The average molecular weight is 546 g/mol. The second-order valence-electron chi connectivity index (χ2n) is 8.08. The molecule has 7 nitrogen and oxygen atoms in total. The number of hydrogen-bond donors (Lipinski definition) is 1. The maximum absolute atomic E-state index is 13.8. The molecular formula is C24H30Cl2FN3O4S. The van der Waals surface area contributed by atoms with E-state index in [1.54, 1.807) is 19.1 Å². The van der Waals surface area contributed by atoms with Crippen molar-refractivity contribution in [2.75, 3.05) is 23.7 Å². The van der Waals surface area contributed by atoms with Crippen LogP contribution in [0.4, 0.5) is 10.1 Å². The van der Waals surface area contributed by atoms with Crippen molar-refractivity contribution in [2.45, 2.75) is 45.7 Å². The zero-order chi connectivity index (χ0) is 26.2. The Hall–Kier alpha value is -2.36. The van der Waals surface area contributed by atoms with Gasteiger partial charge < -0.3 is 10.2 Å². The van der Waals surface area contributed by atoms with Gasteiger partial charge in [-0.05, 0) is 48.7 Å². The van der Waals surface area contributed by atoms with Crippen LogP contribution in [0.3, 0.4) is 0 Å². The number of halogens is 3. The number of nitrogens with one attached hydrogen (secondary N) is 1. The average Bonchev–Trinajstić information content (AvgIpc) is 2.78. The zero-order valence-electron chi connectivity index (χ0n) is 19.9. The summed E-state index contributed by atoms with van der Waals surface area (Å²) in [5.41, 5.74) is 0.548. The summed E-state index contributed by atoms with van der Waals surface area (Å²) >= 11 is 12.3. The molecule has 2 aromatic carbocycles. The van der Waals surface area contributed by atoms with Crippen LogP contribution in [0, 0.1) is 5.82 Å². The van der Waals surface area contributed by atoms with Crippen LogP contribution >= 0.6 is 23.2 Å². The SMILES string of the molecule is CCCCNC(=O)[C@H](CC)N(Cc1ccc(Cl)cc1Cl)C(=O)CN(c1cccc(F)c1)S(C)(=O)=O. The summed E-state index contributed by atoms with van der Waals surface area (Å²) in [6.45, 7) is 3.54. The van der Waals surface area contributed by atoms with Crippen molar-refractivity contribution >= 4 is 50.7 Å². The predicted molar refractivity (Wildman–Crippen MR) is 138 cm³/mol. The maximum Gasteiger partial charge on any atom is 0.244 e. The first-order chi connectivity index (χ1) is 16.5. The Morgan fingerprint density at radius 1 is 1.11 bits per heavy atom. The van der Waals surface area contributed by atoms with E-state index in [1.165, 1.54) is 29.2 Å². The fraction of sp³-hybridized carbons (Fsp3) is 0.417. The van der Waals surface area contributed by atoms with E-state index in [4.69, 9.17) is 23.2 Å². The van der Waals surface area contributed by atoms with E-state index < -0.39 is 34.3 Å². The number of amides is 2. The first-order valence-corrected chi connectivity index (χ1v) is 13.8. The van der Waals surface area contributed by atoms with Gasteiger partial charge in [0.05, 0.1) is 11.9 Å². The maximum atomic E-state index is 13.8. The highest BCUT2D eigenvalue weighted by Gasteiger charge is 2.32. The van der Waals surface area contributed by atoms with E-state index in [1.807, 2.05) is 6.92 Å². The minimum Gasteiger partial charge on any atom is -0.354 e. The van der Waals surface area contributed by atoms with Crippen molar-refractivity contribution in [2.24, 2.45) is 0 Å². The summed E-state index contributed by atoms with van der Waals surface area (Å²) in [7, 11) is -3.95. The number of carbonyl (C=O) groups is 2. The largest absolute Gasteiger partial charge is 0.354 e. The van der Waals surface area contributed by atoms with Crippen LogP contribution in [-0.2, 0) is 26.2 Å². The molecule has 0 saturated heterocycles. The summed E-state index contributed by atoms with van der Waals surface area (Å²) in [5.74, 6) is -1.63. The van der Waals surface area contributed by atoms with Gasteiger partial charge in [0.25, 0.3) is 0 Å². The molecule has 1 N–H and O–H groups in total. The molecule has 0 aliphatic carbocycles. The van der Waals surface area contributed by atoms with Gasteiger partial charge in [-0.25, -0.2) is 12.8 Å². The summed E-state index contributed by atoms with van der Waals surface area (Å²) in [5, 5.41) is 3.55. The Balaban J connectivity index is 2.44. The van der Waals surface area contributed by atoms with Gasteiger partial charge in [0.2, 0.25) is 21.8 Å². The molecule has 0 fully saturated rings. The smallest absolute Gasteiger partial charge is 0.244 e. The van der Waals surface area contributed by atoms with Gasteiger partial charge in [0, 0.05) is 23.1 Å². The standard InChI is InChI=1S/C24H30Cl2FN3O4S/c1-4-6-12-28-24(32)22(5-2)29(15-17-10-11-18(25)13-21(17)26)23(31)16-30(35(3,33)34)20-9-7-8-19(27)14-20/h7-11,13-14,22H,4-6,12,15-16H2,1-3H3,(H,28,32)/t22-/m0/s1. The monoisotopic (exact) mass is 545 g/mol. The number of sulfonamides is 1. The van der Waals surface area contributed by atoms with Crippen molar-refractivity contribution < 1.29 is 22.4 Å². The molecule has 0 heterocycles. The van der Waals surface area contributed by atoms with E-state index >= 15 is 0 Å². The minimum absolute atomic E-state index is 0.00534. The fourth-order valence-electron chi connectivity index (χ4n) is 3.50. The van der Waals surface area contributed by atoms with Crippen molar-refractivity contribution in [3.63, 3.8) is 0 Å². The van der Waals surface area contributed by atoms with E-state index in [0.717, 1.165) is 29.5 Å². The Bertz CT molecular complexity index is 1150. The van der Waals surface area contributed by atoms with E-state index in [9.17, 15) is 22.4 Å². The summed E-state index contributed by atoms with van der Waals surface area (Å²) in [6, 6.07) is 8.87. The Labute approximate surface area is 216 Å². The second kappa shape index (κ2) is 13.1.